The molecule has 7 nitrogen and oxygen atoms in total. The molecule has 3 N–H and O–H groups in total. The second kappa shape index (κ2) is 8.92. The summed E-state index contributed by atoms with van der Waals surface area (Å²) in [5.41, 5.74) is 0. The van der Waals surface area contributed by atoms with Crippen LogP contribution in [-0.2, 0) is 14.1 Å². The van der Waals surface area contributed by atoms with Crippen LogP contribution in [0.3, 0.4) is 0 Å². The van der Waals surface area contributed by atoms with Crippen LogP contribution in [0.4, 0.5) is 0 Å². The number of aliphatic hydroxyl groups excluding tert-OH is 1. The van der Waals surface area contributed by atoms with Crippen LogP contribution in [0.1, 0.15) is 20.8 Å². The number of carbonyl (C=O) groups is 1. The zero-order valence-electron chi connectivity index (χ0n) is 12.1. The molecule has 0 fully saturated rings. The number of rotatable bonds is 8. The first-order chi connectivity index (χ1) is 9.88. The van der Waals surface area contributed by atoms with Gasteiger partial charge in [0.2, 0.25) is 0 Å². The van der Waals surface area contributed by atoms with Crippen molar-refractivity contribution in [2.45, 2.75) is 39.4 Å². The third-order valence-corrected chi connectivity index (χ3v) is 3.48. The van der Waals surface area contributed by atoms with Crippen LogP contribution in [-0.4, -0.2) is 34.8 Å². The molecule has 0 saturated heterocycles. The molecule has 8 heteroatoms. The molecular formula is C13H20NO6P. The van der Waals surface area contributed by atoms with Crippen LogP contribution in [0.15, 0.2) is 30.3 Å². The lowest BCUT2D eigenvalue weighted by Crippen LogP contribution is -2.35. The fraction of sp³-hybridized carbons (Fsp3) is 0.462. The molecule has 21 heavy (non-hydrogen) atoms. The molecule has 2 unspecified atom stereocenters. The summed E-state index contributed by atoms with van der Waals surface area (Å²) in [6, 6.07) is 7.97. The standard InChI is InChI=1S/C13H20NO6P/c1-9(2)18-12(15)10(3)14-21(20-13(16)17)19-11-7-5-4-6-8-11/h4-10,13-14,16-17H,1-3H3. The summed E-state index contributed by atoms with van der Waals surface area (Å²) in [6.45, 7) is 3.03. The van der Waals surface area contributed by atoms with Crippen molar-refractivity contribution in [3.8, 4) is 5.75 Å². The summed E-state index contributed by atoms with van der Waals surface area (Å²) in [6.07, 6.45) is -0.243. The van der Waals surface area contributed by atoms with Crippen LogP contribution in [0.5, 0.6) is 5.75 Å². The topological polar surface area (TPSA) is 97.3 Å². The van der Waals surface area contributed by atoms with Gasteiger partial charge in [0.1, 0.15) is 11.8 Å². The third-order valence-electron chi connectivity index (χ3n) is 2.13. The summed E-state index contributed by atoms with van der Waals surface area (Å²) in [4.78, 5) is 11.7. The molecule has 0 spiro atoms. The number of nitrogens with one attached hydrogen (secondary N) is 1. The fourth-order valence-electron chi connectivity index (χ4n) is 1.29. The van der Waals surface area contributed by atoms with Crippen LogP contribution in [0, 0.1) is 0 Å². The summed E-state index contributed by atoms with van der Waals surface area (Å²) in [5, 5.41) is 20.5. The van der Waals surface area contributed by atoms with Gasteiger partial charge in [-0.15, -0.1) is 0 Å². The van der Waals surface area contributed by atoms with Crippen molar-refractivity contribution >= 4 is 14.5 Å². The maximum Gasteiger partial charge on any atom is 0.323 e. The van der Waals surface area contributed by atoms with Gasteiger partial charge in [-0.2, -0.15) is 0 Å². The molecule has 0 aromatic heterocycles. The van der Waals surface area contributed by atoms with Gasteiger partial charge < -0.3 is 19.5 Å². The summed E-state index contributed by atoms with van der Waals surface area (Å²) >= 11 is 0. The van der Waals surface area contributed by atoms with E-state index in [1.54, 1.807) is 45.0 Å². The predicted octanol–water partition coefficient (Wildman–Crippen LogP) is 1.51. The van der Waals surface area contributed by atoms with Gasteiger partial charge in [0.25, 0.3) is 6.48 Å². The van der Waals surface area contributed by atoms with Gasteiger partial charge in [0.15, 0.2) is 0 Å². The van der Waals surface area contributed by atoms with Crippen molar-refractivity contribution in [2.24, 2.45) is 0 Å². The number of hydrogen-bond acceptors (Lipinski definition) is 7. The number of esters is 1. The first kappa shape index (κ1) is 17.8. The Morgan fingerprint density at radius 3 is 2.33 bits per heavy atom. The van der Waals surface area contributed by atoms with E-state index in [1.165, 1.54) is 0 Å². The molecule has 0 aliphatic rings. The van der Waals surface area contributed by atoms with E-state index in [-0.39, 0.29) is 6.10 Å². The molecule has 0 aliphatic carbocycles. The van der Waals surface area contributed by atoms with Gasteiger partial charge in [0, 0.05) is 0 Å². The van der Waals surface area contributed by atoms with E-state index in [4.69, 9.17) is 24.0 Å². The van der Waals surface area contributed by atoms with E-state index in [0.717, 1.165) is 0 Å². The third kappa shape index (κ3) is 7.36. The van der Waals surface area contributed by atoms with Crippen LogP contribution in [0.2, 0.25) is 0 Å². The quantitative estimate of drug-likeness (QED) is 0.380. The molecule has 0 radical (unpaired) electrons. The average molecular weight is 317 g/mol. The molecule has 0 heterocycles. The largest absolute Gasteiger partial charge is 0.462 e. The minimum atomic E-state index is -2.01. The second-order valence-electron chi connectivity index (χ2n) is 4.43. The van der Waals surface area contributed by atoms with E-state index >= 15 is 0 Å². The maximum absolute atomic E-state index is 11.7. The Morgan fingerprint density at radius 2 is 1.81 bits per heavy atom. The van der Waals surface area contributed by atoms with Crippen molar-refractivity contribution in [2.75, 3.05) is 0 Å². The first-order valence-electron chi connectivity index (χ1n) is 6.41. The highest BCUT2D eigenvalue weighted by molar-refractivity contribution is 7.45. The smallest absolute Gasteiger partial charge is 0.323 e. The monoisotopic (exact) mass is 317 g/mol. The second-order valence-corrected chi connectivity index (χ2v) is 5.60. The number of hydrogen-bond donors (Lipinski definition) is 3. The van der Waals surface area contributed by atoms with Crippen LogP contribution < -0.4 is 9.61 Å². The summed E-state index contributed by atoms with van der Waals surface area (Å²) in [5.74, 6) is -0.00798. The van der Waals surface area contributed by atoms with Gasteiger partial charge in [-0.05, 0) is 32.9 Å². The zero-order valence-corrected chi connectivity index (χ0v) is 13.0. The van der Waals surface area contributed by atoms with Crippen molar-refractivity contribution in [3.63, 3.8) is 0 Å². The number of carbonyl (C=O) groups excluding carboxylic acids is 1. The van der Waals surface area contributed by atoms with E-state index < -0.39 is 27.0 Å². The number of ether oxygens (including phenoxy) is 1. The van der Waals surface area contributed by atoms with Crippen molar-refractivity contribution in [1.82, 2.24) is 5.09 Å². The summed E-state index contributed by atoms with van der Waals surface area (Å²) in [7, 11) is -1.92. The molecule has 0 bridgehead atoms. The van der Waals surface area contributed by atoms with Gasteiger partial charge in [-0.25, -0.2) is 5.09 Å². The average Bonchev–Trinajstić information content (AvgIpc) is 2.38. The van der Waals surface area contributed by atoms with E-state index in [0.29, 0.717) is 5.75 Å². The molecule has 1 aromatic carbocycles. The lowest BCUT2D eigenvalue weighted by atomic mass is 10.3. The Balaban J connectivity index is 2.63. The molecule has 2 atom stereocenters. The molecule has 1 rings (SSSR count). The highest BCUT2D eigenvalue weighted by atomic mass is 31.2. The Morgan fingerprint density at radius 1 is 1.19 bits per heavy atom. The van der Waals surface area contributed by atoms with Gasteiger partial charge >= 0.3 is 14.5 Å². The zero-order chi connectivity index (χ0) is 15.8. The van der Waals surface area contributed by atoms with Crippen LogP contribution >= 0.6 is 8.53 Å². The van der Waals surface area contributed by atoms with Gasteiger partial charge in [-0.3, -0.25) is 9.32 Å². The van der Waals surface area contributed by atoms with Gasteiger partial charge in [-0.1, -0.05) is 18.2 Å². The number of para-hydroxylation sites is 1. The van der Waals surface area contributed by atoms with Crippen molar-refractivity contribution < 1.29 is 28.8 Å². The molecule has 0 amide bonds. The minimum absolute atomic E-state index is 0.243. The fourth-order valence-corrected chi connectivity index (χ4v) is 2.35. The molecule has 118 valence electrons. The highest BCUT2D eigenvalue weighted by Gasteiger charge is 2.24. The number of aliphatic hydroxyl groups is 2. The molecule has 0 saturated carbocycles. The Hall–Kier alpha value is -1.24. The first-order valence-corrected chi connectivity index (χ1v) is 7.59. The lowest BCUT2D eigenvalue weighted by Gasteiger charge is -2.22. The van der Waals surface area contributed by atoms with Crippen molar-refractivity contribution in [3.05, 3.63) is 30.3 Å². The lowest BCUT2D eigenvalue weighted by molar-refractivity contribution is -0.179. The molecular weight excluding hydrogens is 297 g/mol. The Bertz CT molecular complexity index is 428. The normalized spacial score (nSPS) is 14.0. The highest BCUT2D eigenvalue weighted by Crippen LogP contribution is 2.36. The SMILES string of the molecule is CC(C)OC(=O)C(C)NP(Oc1ccccc1)OC(O)O. The van der Waals surface area contributed by atoms with E-state index in [1.807, 2.05) is 6.07 Å². The maximum atomic E-state index is 11.7. The summed E-state index contributed by atoms with van der Waals surface area (Å²) < 4.78 is 15.3. The minimum Gasteiger partial charge on any atom is -0.462 e. The molecule has 0 aliphatic heterocycles. The Kier molecular flexibility index (Phi) is 7.56. The Labute approximate surface area is 124 Å². The van der Waals surface area contributed by atoms with Crippen LogP contribution in [0.25, 0.3) is 0 Å². The predicted molar refractivity (Wildman–Crippen MR) is 77.1 cm³/mol. The van der Waals surface area contributed by atoms with Crippen molar-refractivity contribution in [1.29, 1.82) is 0 Å². The number of benzene rings is 1. The molecule has 1 aromatic rings. The van der Waals surface area contributed by atoms with E-state index in [2.05, 4.69) is 5.09 Å². The van der Waals surface area contributed by atoms with Gasteiger partial charge in [0.05, 0.1) is 6.10 Å². The van der Waals surface area contributed by atoms with E-state index in [9.17, 15) is 4.79 Å².